The minimum Gasteiger partial charge on any atom is -0.508 e. The zero-order valence-electron chi connectivity index (χ0n) is 15.1. The van der Waals surface area contributed by atoms with E-state index in [2.05, 4.69) is 21.2 Å². The first-order valence-electron chi connectivity index (χ1n) is 8.36. The van der Waals surface area contributed by atoms with Gasteiger partial charge in [0.2, 0.25) is 0 Å². The van der Waals surface area contributed by atoms with Crippen molar-refractivity contribution in [2.75, 3.05) is 11.9 Å². The Morgan fingerprint density at radius 3 is 2.50 bits per heavy atom. The Kier molecular flexibility index (Phi) is 6.67. The molecule has 0 aliphatic carbocycles. The number of phenolic OH excluding ortho intramolecular Hbond substituents is 1. The third-order valence-electron chi connectivity index (χ3n) is 4.26. The van der Waals surface area contributed by atoms with Crippen molar-refractivity contribution in [3.05, 3.63) is 58.1 Å². The van der Waals surface area contributed by atoms with Gasteiger partial charge in [-0.1, -0.05) is 47.5 Å². The van der Waals surface area contributed by atoms with Crippen molar-refractivity contribution in [1.29, 1.82) is 0 Å². The van der Waals surface area contributed by atoms with Crippen molar-refractivity contribution in [2.45, 2.75) is 33.3 Å². The maximum Gasteiger partial charge on any atom is 0.412 e. The molecule has 0 heterocycles. The number of aliphatic hydroxyl groups is 1. The molecule has 5 nitrogen and oxygen atoms in total. The minimum atomic E-state index is -0.738. The lowest BCUT2D eigenvalue weighted by Crippen LogP contribution is -2.30. The predicted octanol–water partition coefficient (Wildman–Crippen LogP) is 5.16. The normalized spacial score (nSPS) is 12.5. The molecule has 26 heavy (non-hydrogen) atoms. The molecule has 0 saturated carbocycles. The Balaban J connectivity index is 2.27. The molecule has 1 atom stereocenters. The van der Waals surface area contributed by atoms with Crippen LogP contribution in [0.25, 0.3) is 0 Å². The van der Waals surface area contributed by atoms with Crippen LogP contribution in [0, 0.1) is 12.3 Å². The molecule has 0 saturated heterocycles. The highest BCUT2D eigenvalue weighted by Gasteiger charge is 2.35. The fourth-order valence-electron chi connectivity index (χ4n) is 2.69. The molecule has 0 aromatic heterocycles. The number of halogens is 1. The third-order valence-corrected chi connectivity index (χ3v) is 4.75. The van der Waals surface area contributed by atoms with Crippen LogP contribution in [0.3, 0.4) is 0 Å². The molecule has 0 aliphatic rings. The highest BCUT2D eigenvalue weighted by molar-refractivity contribution is 9.10. The van der Waals surface area contributed by atoms with Crippen molar-refractivity contribution in [2.24, 2.45) is 5.41 Å². The Bertz CT molecular complexity index is 759. The number of carbonyl (C=O) groups excluding carboxylic acids is 1. The van der Waals surface area contributed by atoms with Crippen LogP contribution in [0.1, 0.15) is 37.5 Å². The summed E-state index contributed by atoms with van der Waals surface area (Å²) in [5.74, 6) is 0.0346. The van der Waals surface area contributed by atoms with Gasteiger partial charge in [0.15, 0.2) is 0 Å². The second kappa shape index (κ2) is 8.56. The van der Waals surface area contributed by atoms with E-state index in [9.17, 15) is 15.0 Å². The zero-order valence-corrected chi connectivity index (χ0v) is 16.7. The predicted molar refractivity (Wildman–Crippen MR) is 105 cm³/mol. The Morgan fingerprint density at radius 1 is 1.23 bits per heavy atom. The molecule has 1 amide bonds. The van der Waals surface area contributed by atoms with E-state index in [0.29, 0.717) is 17.7 Å². The van der Waals surface area contributed by atoms with Gasteiger partial charge >= 0.3 is 6.09 Å². The van der Waals surface area contributed by atoms with Crippen LogP contribution < -0.4 is 5.32 Å². The van der Waals surface area contributed by atoms with E-state index in [1.54, 1.807) is 30.3 Å². The van der Waals surface area contributed by atoms with Crippen molar-refractivity contribution >= 4 is 27.7 Å². The molecule has 2 aromatic carbocycles. The largest absolute Gasteiger partial charge is 0.508 e. The van der Waals surface area contributed by atoms with Gasteiger partial charge < -0.3 is 14.9 Å². The molecule has 0 radical (unpaired) electrons. The summed E-state index contributed by atoms with van der Waals surface area (Å²) in [4.78, 5) is 12.4. The van der Waals surface area contributed by atoms with Gasteiger partial charge in [0.1, 0.15) is 11.9 Å². The summed E-state index contributed by atoms with van der Waals surface area (Å²) in [6, 6.07) is 12.3. The summed E-state index contributed by atoms with van der Waals surface area (Å²) < 4.78 is 6.44. The number of rotatable bonds is 6. The van der Waals surface area contributed by atoms with E-state index < -0.39 is 17.6 Å². The molecule has 0 aliphatic heterocycles. The number of aliphatic hydroxyl groups excluding tert-OH is 1. The molecular formula is C20H24BrNO4. The fourth-order valence-corrected chi connectivity index (χ4v) is 3.07. The number of amides is 1. The summed E-state index contributed by atoms with van der Waals surface area (Å²) in [7, 11) is 0. The van der Waals surface area contributed by atoms with E-state index in [-0.39, 0.29) is 12.4 Å². The van der Waals surface area contributed by atoms with Gasteiger partial charge in [-0.05, 0) is 43.7 Å². The van der Waals surface area contributed by atoms with Crippen molar-refractivity contribution in [3.63, 3.8) is 0 Å². The van der Waals surface area contributed by atoms with Crippen LogP contribution in [0.5, 0.6) is 5.75 Å². The third kappa shape index (κ3) is 5.22. The van der Waals surface area contributed by atoms with Crippen LogP contribution in [0.4, 0.5) is 10.5 Å². The molecule has 0 bridgehead atoms. The average molecular weight is 422 g/mol. The SMILES string of the molecule is Cc1ccc(NC(=O)O[C@H](c2cc(Br)ccc2O)C(C)(C)CCO)cc1. The van der Waals surface area contributed by atoms with E-state index >= 15 is 0 Å². The van der Waals surface area contributed by atoms with Crippen LogP contribution in [0.2, 0.25) is 0 Å². The maximum absolute atomic E-state index is 12.4. The lowest BCUT2D eigenvalue weighted by molar-refractivity contribution is 0.0138. The molecule has 140 valence electrons. The quantitative estimate of drug-likeness (QED) is 0.601. The first-order chi connectivity index (χ1) is 12.2. The molecule has 3 N–H and O–H groups in total. The number of nitrogens with one attached hydrogen (secondary N) is 1. The molecule has 0 spiro atoms. The minimum absolute atomic E-state index is 0.0346. The number of anilines is 1. The Hall–Kier alpha value is -2.05. The Morgan fingerprint density at radius 2 is 1.88 bits per heavy atom. The summed E-state index contributed by atoms with van der Waals surface area (Å²) in [5.41, 5.74) is 1.61. The molecule has 0 unspecified atom stereocenters. The van der Waals surface area contributed by atoms with Gasteiger partial charge in [0, 0.05) is 27.7 Å². The Labute approximate surface area is 162 Å². The van der Waals surface area contributed by atoms with Crippen molar-refractivity contribution in [3.8, 4) is 5.75 Å². The van der Waals surface area contributed by atoms with Gasteiger partial charge in [-0.3, -0.25) is 5.32 Å². The monoisotopic (exact) mass is 421 g/mol. The smallest absolute Gasteiger partial charge is 0.412 e. The number of carbonyl (C=O) groups is 1. The lowest BCUT2D eigenvalue weighted by atomic mass is 9.79. The molecular weight excluding hydrogens is 398 g/mol. The van der Waals surface area contributed by atoms with Crippen molar-refractivity contribution in [1.82, 2.24) is 0 Å². The second-order valence-corrected chi connectivity index (χ2v) is 7.86. The zero-order chi connectivity index (χ0) is 19.3. The number of benzene rings is 2. The summed E-state index contributed by atoms with van der Waals surface area (Å²) in [6.45, 7) is 5.67. The number of aromatic hydroxyl groups is 1. The summed E-state index contributed by atoms with van der Waals surface area (Å²) >= 11 is 3.38. The maximum atomic E-state index is 12.4. The first-order valence-corrected chi connectivity index (χ1v) is 9.16. The van der Waals surface area contributed by atoms with Crippen LogP contribution in [-0.2, 0) is 4.74 Å². The average Bonchev–Trinajstić information content (AvgIpc) is 2.57. The van der Waals surface area contributed by atoms with Gasteiger partial charge in [-0.2, -0.15) is 0 Å². The van der Waals surface area contributed by atoms with E-state index in [4.69, 9.17) is 4.74 Å². The van der Waals surface area contributed by atoms with E-state index in [0.717, 1.165) is 10.0 Å². The van der Waals surface area contributed by atoms with Gasteiger partial charge in [-0.25, -0.2) is 4.79 Å². The van der Waals surface area contributed by atoms with Crippen LogP contribution in [0.15, 0.2) is 46.9 Å². The number of aryl methyl sites for hydroxylation is 1. The van der Waals surface area contributed by atoms with Crippen LogP contribution in [-0.4, -0.2) is 22.9 Å². The van der Waals surface area contributed by atoms with Gasteiger partial charge in [0.25, 0.3) is 0 Å². The van der Waals surface area contributed by atoms with E-state index in [1.807, 2.05) is 32.9 Å². The highest BCUT2D eigenvalue weighted by Crippen LogP contribution is 2.43. The number of hydrogen-bond acceptors (Lipinski definition) is 4. The molecule has 2 rings (SSSR count). The summed E-state index contributed by atoms with van der Waals surface area (Å²) in [6.07, 6.45) is -0.955. The number of hydrogen-bond donors (Lipinski definition) is 3. The van der Waals surface area contributed by atoms with Crippen LogP contribution >= 0.6 is 15.9 Å². The summed E-state index contributed by atoms with van der Waals surface area (Å²) in [5, 5.41) is 22.4. The van der Waals surface area contributed by atoms with Crippen molar-refractivity contribution < 1.29 is 19.7 Å². The van der Waals surface area contributed by atoms with Gasteiger partial charge in [0.05, 0.1) is 0 Å². The fraction of sp³-hybridized carbons (Fsp3) is 0.350. The molecule has 2 aromatic rings. The number of ether oxygens (including phenoxy) is 1. The standard InChI is InChI=1S/C20H24BrNO4/c1-13-4-7-15(8-5-13)22-19(25)26-18(20(2,3)10-11-23)16-12-14(21)6-9-17(16)24/h4-9,12,18,23-24H,10-11H2,1-3H3,(H,22,25)/t18-/m1/s1. The lowest BCUT2D eigenvalue weighted by Gasteiger charge is -2.34. The highest BCUT2D eigenvalue weighted by atomic mass is 79.9. The van der Waals surface area contributed by atoms with E-state index in [1.165, 1.54) is 0 Å². The molecule has 0 fully saturated rings. The van der Waals surface area contributed by atoms with Gasteiger partial charge in [-0.15, -0.1) is 0 Å². The second-order valence-electron chi connectivity index (χ2n) is 6.94. The molecule has 6 heteroatoms. The topological polar surface area (TPSA) is 78.8 Å². The number of phenols is 1. The first kappa shape index (κ1) is 20.3.